The molecule has 6 nitrogen and oxygen atoms in total. The maximum atomic E-state index is 12.4. The van der Waals surface area contributed by atoms with Crippen LogP contribution in [0.4, 0.5) is 5.69 Å². The standard InChI is InChI=1S/C17H24N2O4.ClH/c1-10-8-13(9-14(11(10)2)17(21)22-3)19-16(20)15(18)12-4-6-23-7-5-12;/h8-9,12,15H,4-7,18H2,1-3H3,(H,19,20);1H. The molecule has 1 aliphatic rings. The van der Waals surface area contributed by atoms with Crippen molar-refractivity contribution in [3.8, 4) is 0 Å². The number of hydrogen-bond acceptors (Lipinski definition) is 5. The molecule has 7 heteroatoms. The Kier molecular flexibility index (Phi) is 7.66. The van der Waals surface area contributed by atoms with E-state index in [2.05, 4.69) is 5.32 Å². The van der Waals surface area contributed by atoms with E-state index in [-0.39, 0.29) is 24.2 Å². The van der Waals surface area contributed by atoms with E-state index in [4.69, 9.17) is 15.2 Å². The second-order valence-electron chi connectivity index (χ2n) is 5.92. The van der Waals surface area contributed by atoms with Crippen LogP contribution in [-0.2, 0) is 14.3 Å². The van der Waals surface area contributed by atoms with Crippen LogP contribution in [0.15, 0.2) is 12.1 Å². The fourth-order valence-corrected chi connectivity index (χ4v) is 2.77. The number of ether oxygens (including phenoxy) is 2. The number of esters is 1. The van der Waals surface area contributed by atoms with Crippen molar-refractivity contribution in [1.82, 2.24) is 0 Å². The fraction of sp³-hybridized carbons (Fsp3) is 0.529. The monoisotopic (exact) mass is 356 g/mol. The largest absolute Gasteiger partial charge is 0.465 e. The van der Waals surface area contributed by atoms with Crippen molar-refractivity contribution >= 4 is 30.0 Å². The molecule has 1 heterocycles. The van der Waals surface area contributed by atoms with E-state index in [1.807, 2.05) is 19.9 Å². The van der Waals surface area contributed by atoms with Crippen LogP contribution in [0.2, 0.25) is 0 Å². The normalized spacial score (nSPS) is 16.0. The summed E-state index contributed by atoms with van der Waals surface area (Å²) in [4.78, 5) is 24.2. The third kappa shape index (κ3) is 4.69. The molecule has 0 radical (unpaired) electrons. The van der Waals surface area contributed by atoms with Gasteiger partial charge in [-0.25, -0.2) is 4.79 Å². The molecule has 1 aromatic carbocycles. The van der Waals surface area contributed by atoms with E-state index >= 15 is 0 Å². The highest BCUT2D eigenvalue weighted by Gasteiger charge is 2.27. The predicted molar refractivity (Wildman–Crippen MR) is 94.7 cm³/mol. The van der Waals surface area contributed by atoms with Gasteiger partial charge >= 0.3 is 5.97 Å². The summed E-state index contributed by atoms with van der Waals surface area (Å²) in [5.74, 6) is -0.540. The number of aryl methyl sites for hydroxylation is 1. The fourth-order valence-electron chi connectivity index (χ4n) is 2.77. The number of carbonyl (C=O) groups is 2. The molecule has 1 atom stereocenters. The first-order valence-corrected chi connectivity index (χ1v) is 7.77. The molecule has 1 unspecified atom stereocenters. The molecule has 3 N–H and O–H groups in total. The third-order valence-electron chi connectivity index (χ3n) is 4.42. The van der Waals surface area contributed by atoms with E-state index < -0.39 is 12.0 Å². The lowest BCUT2D eigenvalue weighted by atomic mass is 9.91. The first-order valence-electron chi connectivity index (χ1n) is 7.77. The van der Waals surface area contributed by atoms with Gasteiger partial charge in [-0.05, 0) is 55.9 Å². The van der Waals surface area contributed by atoms with Gasteiger partial charge < -0.3 is 20.5 Å². The Morgan fingerprint density at radius 3 is 2.50 bits per heavy atom. The summed E-state index contributed by atoms with van der Waals surface area (Å²) in [6.45, 7) is 5.01. The molecule has 1 aliphatic heterocycles. The van der Waals surface area contributed by atoms with Crippen LogP contribution in [0.1, 0.15) is 34.3 Å². The van der Waals surface area contributed by atoms with Crippen LogP contribution in [0.25, 0.3) is 0 Å². The topological polar surface area (TPSA) is 90.7 Å². The Morgan fingerprint density at radius 2 is 1.92 bits per heavy atom. The van der Waals surface area contributed by atoms with Crippen LogP contribution in [0, 0.1) is 19.8 Å². The molecule has 1 aromatic rings. The number of rotatable bonds is 4. The predicted octanol–water partition coefficient (Wildman–Crippen LogP) is 2.20. The first-order chi connectivity index (χ1) is 10.9. The van der Waals surface area contributed by atoms with E-state index in [9.17, 15) is 9.59 Å². The Morgan fingerprint density at radius 1 is 1.29 bits per heavy atom. The van der Waals surface area contributed by atoms with Gasteiger partial charge in [-0.15, -0.1) is 12.4 Å². The maximum Gasteiger partial charge on any atom is 0.338 e. The number of methoxy groups -OCH3 is 1. The SMILES string of the molecule is COC(=O)c1cc(NC(=O)C(N)C2CCOCC2)cc(C)c1C.Cl. The van der Waals surface area contributed by atoms with Gasteiger partial charge in [0.05, 0.1) is 18.7 Å². The molecule has 0 spiro atoms. The lowest BCUT2D eigenvalue weighted by Crippen LogP contribution is -2.44. The highest BCUT2D eigenvalue weighted by atomic mass is 35.5. The van der Waals surface area contributed by atoms with Gasteiger partial charge in [-0.3, -0.25) is 4.79 Å². The van der Waals surface area contributed by atoms with Crippen LogP contribution >= 0.6 is 12.4 Å². The van der Waals surface area contributed by atoms with Crippen molar-refractivity contribution in [3.63, 3.8) is 0 Å². The van der Waals surface area contributed by atoms with Crippen molar-refractivity contribution < 1.29 is 19.1 Å². The smallest absolute Gasteiger partial charge is 0.338 e. The molecule has 0 aliphatic carbocycles. The summed E-state index contributed by atoms with van der Waals surface area (Å²) in [7, 11) is 1.34. The van der Waals surface area contributed by atoms with Gasteiger partial charge in [0, 0.05) is 18.9 Å². The van der Waals surface area contributed by atoms with Crippen LogP contribution in [-0.4, -0.2) is 38.2 Å². The minimum Gasteiger partial charge on any atom is -0.465 e. The second kappa shape index (κ2) is 9.01. The Labute approximate surface area is 148 Å². The summed E-state index contributed by atoms with van der Waals surface area (Å²) in [5.41, 5.74) is 8.82. The summed E-state index contributed by atoms with van der Waals surface area (Å²) in [6, 6.07) is 2.88. The van der Waals surface area contributed by atoms with Crippen molar-refractivity contribution in [1.29, 1.82) is 0 Å². The summed E-state index contributed by atoms with van der Waals surface area (Å²) >= 11 is 0. The lowest BCUT2D eigenvalue weighted by molar-refractivity contribution is -0.119. The number of halogens is 1. The van der Waals surface area contributed by atoms with E-state index in [0.29, 0.717) is 24.5 Å². The van der Waals surface area contributed by atoms with E-state index in [1.54, 1.807) is 6.07 Å². The minimum absolute atomic E-state index is 0. The molecule has 1 amide bonds. The molecule has 2 rings (SSSR count). The van der Waals surface area contributed by atoms with E-state index in [1.165, 1.54) is 7.11 Å². The number of benzene rings is 1. The van der Waals surface area contributed by atoms with Crippen molar-refractivity contribution in [2.24, 2.45) is 11.7 Å². The van der Waals surface area contributed by atoms with E-state index in [0.717, 1.165) is 24.0 Å². The second-order valence-corrected chi connectivity index (χ2v) is 5.92. The number of hydrogen-bond donors (Lipinski definition) is 2. The van der Waals surface area contributed by atoms with Gasteiger partial charge in [-0.1, -0.05) is 0 Å². The summed E-state index contributed by atoms with van der Waals surface area (Å²) in [5, 5.41) is 2.81. The quantitative estimate of drug-likeness (QED) is 0.807. The summed E-state index contributed by atoms with van der Waals surface area (Å²) in [6.07, 6.45) is 1.57. The highest BCUT2D eigenvalue weighted by Crippen LogP contribution is 2.22. The number of nitrogens with one attached hydrogen (secondary N) is 1. The van der Waals surface area contributed by atoms with Crippen molar-refractivity contribution in [2.75, 3.05) is 25.6 Å². The molecule has 1 saturated heterocycles. The zero-order valence-electron chi connectivity index (χ0n) is 14.3. The number of amides is 1. The summed E-state index contributed by atoms with van der Waals surface area (Å²) < 4.78 is 10.1. The first kappa shape index (κ1) is 20.4. The Bertz CT molecular complexity index is 600. The van der Waals surface area contributed by atoms with Crippen molar-refractivity contribution in [3.05, 3.63) is 28.8 Å². The zero-order valence-corrected chi connectivity index (χ0v) is 15.1. The minimum atomic E-state index is -0.581. The Balaban J connectivity index is 0.00000288. The van der Waals surface area contributed by atoms with Crippen LogP contribution in [0.5, 0.6) is 0 Å². The number of nitrogens with two attached hydrogens (primary N) is 1. The van der Waals surface area contributed by atoms with Crippen LogP contribution in [0.3, 0.4) is 0 Å². The lowest BCUT2D eigenvalue weighted by Gasteiger charge is -2.26. The molecular weight excluding hydrogens is 332 g/mol. The molecule has 0 saturated carbocycles. The van der Waals surface area contributed by atoms with Gasteiger partial charge in [0.2, 0.25) is 5.91 Å². The molecular formula is C17H25ClN2O4. The van der Waals surface area contributed by atoms with Gasteiger partial charge in [-0.2, -0.15) is 0 Å². The molecule has 0 bridgehead atoms. The van der Waals surface area contributed by atoms with Crippen molar-refractivity contribution in [2.45, 2.75) is 32.7 Å². The van der Waals surface area contributed by atoms with Crippen LogP contribution < -0.4 is 11.1 Å². The third-order valence-corrected chi connectivity index (χ3v) is 4.42. The Hall–Kier alpha value is -1.63. The number of anilines is 1. The van der Waals surface area contributed by atoms with Gasteiger partial charge in [0.25, 0.3) is 0 Å². The average molecular weight is 357 g/mol. The highest BCUT2D eigenvalue weighted by molar-refractivity contribution is 5.98. The zero-order chi connectivity index (χ0) is 17.0. The maximum absolute atomic E-state index is 12.4. The molecule has 134 valence electrons. The average Bonchev–Trinajstić information content (AvgIpc) is 2.57. The molecule has 1 fully saturated rings. The molecule has 24 heavy (non-hydrogen) atoms. The number of carbonyl (C=O) groups excluding carboxylic acids is 2. The van der Waals surface area contributed by atoms with Gasteiger partial charge in [0.1, 0.15) is 0 Å². The van der Waals surface area contributed by atoms with Gasteiger partial charge in [0.15, 0.2) is 0 Å². The molecule has 0 aromatic heterocycles.